The Morgan fingerprint density at radius 2 is 0.586 bits per heavy atom. The zero-order chi connectivity index (χ0) is 109. The van der Waals surface area contributed by atoms with Gasteiger partial charge in [0.25, 0.3) is 0 Å². The van der Waals surface area contributed by atoms with Gasteiger partial charge < -0.3 is 77.3 Å². The highest BCUT2D eigenvalue weighted by Crippen LogP contribution is 2.34. The first-order valence-electron chi connectivity index (χ1n) is 43.6. The Bertz CT molecular complexity index is 6190. The Morgan fingerprint density at radius 3 is 0.821 bits per heavy atom. The molecule has 53 heteroatoms. The number of aliphatic carboxylic acids is 1. The fourth-order valence-electron chi connectivity index (χ4n) is 14.3. The molecule has 786 valence electrons. The Morgan fingerprint density at radius 1 is 0.372 bits per heavy atom. The summed E-state index contributed by atoms with van der Waals surface area (Å²) in [6.45, 7) is 29.9. The number of benzene rings is 5. The fourth-order valence-corrected chi connectivity index (χ4v) is 14.3. The molecule has 145 heavy (non-hydrogen) atoms. The number of carboxylic acids is 2. The highest BCUT2D eigenvalue weighted by atomic mass is 19.4. The van der Waals surface area contributed by atoms with Gasteiger partial charge in [0.15, 0.2) is 98.8 Å². The number of nitrogens with zero attached hydrogens (tertiary/aromatic N) is 14. The van der Waals surface area contributed by atoms with E-state index in [0.29, 0.717) is 133 Å². The summed E-state index contributed by atoms with van der Waals surface area (Å²) < 4.78 is 245. The fraction of sp³-hybridized carbons (Fsp3) is 0.402. The van der Waals surface area contributed by atoms with Gasteiger partial charge in [-0.2, -0.15) is 38.7 Å². The molecule has 0 bridgehead atoms. The van der Waals surface area contributed by atoms with Crippen molar-refractivity contribution >= 4 is 88.0 Å². The number of nitrogens with one attached hydrogen (secondary N) is 5. The molecule has 0 unspecified atom stereocenters. The molecule has 11 N–H and O–H groups in total. The zero-order valence-corrected chi connectivity index (χ0v) is 80.5. The lowest BCUT2D eigenvalue weighted by Gasteiger charge is -2.34. The van der Waals surface area contributed by atoms with E-state index < -0.39 is 135 Å². The van der Waals surface area contributed by atoms with Gasteiger partial charge in [-0.3, -0.25) is 33.0 Å². The number of alkyl halides is 3. The molecule has 35 nitrogen and oxygen atoms in total. The van der Waals surface area contributed by atoms with Gasteiger partial charge in [0.05, 0.1) is 168 Å². The van der Waals surface area contributed by atoms with Crippen molar-refractivity contribution in [3.05, 3.63) is 235 Å². The summed E-state index contributed by atoms with van der Waals surface area (Å²) in [6, 6.07) is 3.66. The summed E-state index contributed by atoms with van der Waals surface area (Å²) in [5.41, 5.74) is 13.6. The summed E-state index contributed by atoms with van der Waals surface area (Å²) in [5.74, 6) is -26.6. The number of halogens is 18. The number of nitrogens with two attached hydrogens (primary N) is 2. The number of amides is 8. The Kier molecular flexibility index (Phi) is 38.0. The molecule has 5 aromatic carbocycles. The van der Waals surface area contributed by atoms with Crippen LogP contribution in [0.1, 0.15) is 190 Å². The predicted molar refractivity (Wildman–Crippen MR) is 484 cm³/mol. The molecule has 0 aliphatic carbocycles. The predicted octanol–water partition coefficient (Wildman–Crippen LogP) is 16.9. The monoisotopic (exact) mass is 2070 g/mol. The van der Waals surface area contributed by atoms with Crippen LogP contribution in [0.3, 0.4) is 0 Å². The van der Waals surface area contributed by atoms with Crippen LogP contribution in [0.25, 0.3) is 0 Å². The maximum absolute atomic E-state index is 13.4. The van der Waals surface area contributed by atoms with Crippen LogP contribution >= 0.6 is 0 Å². The van der Waals surface area contributed by atoms with Crippen LogP contribution in [0.5, 0.6) is 0 Å². The Hall–Kier alpha value is -15.1. The number of Topliss-reactive ketones (excluding diaryl/α,β-unsaturated/α-hetero) is 2. The van der Waals surface area contributed by atoms with Crippen LogP contribution < -0.4 is 38.1 Å². The van der Waals surface area contributed by atoms with E-state index in [1.807, 2.05) is 67.0 Å². The molecular formula is C92H103F18N21O14. The van der Waals surface area contributed by atoms with Gasteiger partial charge >= 0.3 is 54.2 Å². The molecule has 8 amide bonds. The number of carboxylic acid groups (broad SMARTS) is 2. The van der Waals surface area contributed by atoms with E-state index in [4.69, 9.17) is 26.5 Å². The molecule has 0 spiro atoms. The number of aromatic carboxylic acids is 1. The average molecular weight is 2070 g/mol. The molecule has 10 aromatic rings. The molecule has 0 radical (unpaired) electrons. The number of nitrogen functional groups attached to an aromatic ring is 1. The zero-order valence-electron chi connectivity index (χ0n) is 80.5. The number of hydrogen-bond donors (Lipinski definition) is 9. The number of urea groups is 4. The molecule has 0 saturated carbocycles. The van der Waals surface area contributed by atoms with E-state index in [0.717, 1.165) is 24.4 Å². The Labute approximate surface area is 815 Å². The first kappa shape index (κ1) is 115. The summed E-state index contributed by atoms with van der Waals surface area (Å²) in [4.78, 5) is 124. The summed E-state index contributed by atoms with van der Waals surface area (Å²) in [5, 5.41) is 49.7. The number of esters is 2. The van der Waals surface area contributed by atoms with Gasteiger partial charge in [-0.1, -0.05) is 41.5 Å². The van der Waals surface area contributed by atoms with E-state index in [9.17, 15) is 122 Å². The van der Waals surface area contributed by atoms with Crippen molar-refractivity contribution in [2.24, 2.45) is 16.6 Å². The third kappa shape index (κ3) is 31.0. The highest BCUT2D eigenvalue weighted by Gasteiger charge is 2.40. The van der Waals surface area contributed by atoms with Crippen LogP contribution in [0, 0.1) is 98.1 Å². The number of hydrogen-bond acceptors (Lipinski definition) is 20. The molecule has 5 atom stereocenters. The molecule has 5 aromatic heterocycles. The average Bonchev–Trinajstić information content (AvgIpc) is 1.67. The normalized spacial score (nSPS) is 16.0. The maximum Gasteiger partial charge on any atom is 0.490 e. The van der Waals surface area contributed by atoms with Gasteiger partial charge in [0, 0.05) is 120 Å². The van der Waals surface area contributed by atoms with E-state index in [1.54, 1.807) is 47.9 Å². The number of ketones is 2. The van der Waals surface area contributed by atoms with Crippen molar-refractivity contribution in [1.29, 1.82) is 0 Å². The Balaban J connectivity index is 0.000000212. The van der Waals surface area contributed by atoms with Crippen molar-refractivity contribution in [3.8, 4) is 0 Å². The topological polar surface area (TPSA) is 444 Å². The number of carbonyl (C=O) groups excluding carboxylic acids is 8. The van der Waals surface area contributed by atoms with Gasteiger partial charge in [-0.15, -0.1) is 0 Å². The third-order valence-corrected chi connectivity index (χ3v) is 21.2. The molecule has 5 aliphatic heterocycles. The quantitative estimate of drug-likeness (QED) is 0.0191. The lowest BCUT2D eigenvalue weighted by Crippen LogP contribution is -2.47. The number of ether oxygens (including phenoxy) is 2. The second-order valence-electron chi connectivity index (χ2n) is 36.9. The third-order valence-electron chi connectivity index (χ3n) is 21.2. The largest absolute Gasteiger partial charge is 0.490 e. The molecular weight excluding hydrogens is 1970 g/mol. The van der Waals surface area contributed by atoms with E-state index >= 15 is 0 Å². The van der Waals surface area contributed by atoms with Crippen molar-refractivity contribution < 1.29 is 147 Å². The van der Waals surface area contributed by atoms with Crippen molar-refractivity contribution in [2.75, 3.05) is 41.2 Å². The molecule has 0 saturated heterocycles. The molecule has 0 fully saturated rings. The van der Waals surface area contributed by atoms with Gasteiger partial charge in [0.2, 0.25) is 0 Å². The number of methoxy groups -OCH3 is 2. The van der Waals surface area contributed by atoms with E-state index in [2.05, 4.69) is 68.5 Å². The second-order valence-corrected chi connectivity index (χ2v) is 36.9. The number of rotatable bonds is 11. The van der Waals surface area contributed by atoms with Crippen LogP contribution in [0.15, 0.2) is 91.6 Å². The lowest BCUT2D eigenvalue weighted by atomic mass is 9.88. The number of carbonyl (C=O) groups is 10. The SMILES string of the molecule is CC(C)(C)N.COC(=O)c1cnn2c1CN(C(=O)Nc1cc(F)c(F)c(F)c1)[C@@H](C)C2.COC(=O)c1cnn2c1CN[C@@H](C)C2.C[C@H]1Cn2ncc(C(=O)CC(C)(C)C)c2CN1C(=O)Nc1cc(F)c(F)c(F)c1.C[C@H]1Cn2ncc(C(=O)CC(C)(C)C)c2CN1C(=O)Nc1cc(F)c(F)c(F)c1.C[C@H]1Cn2ncc(C(=O)O)c2CN1C(=O)Nc1cc(F)c(F)c(F)c1.Nc1cc(F)c(F)c(F)c1.O=C(O)C(F)(F)F. The minimum absolute atomic E-state index is 0. The highest BCUT2D eigenvalue weighted by molar-refractivity contribution is 5.99. The van der Waals surface area contributed by atoms with E-state index in [1.165, 1.54) is 63.3 Å². The van der Waals surface area contributed by atoms with Crippen LogP contribution in [-0.2, 0) is 79.7 Å². The second kappa shape index (κ2) is 47.9. The first-order chi connectivity index (χ1) is 67.3. The minimum atomic E-state index is -5.08. The smallest absolute Gasteiger partial charge is 0.478 e. The molecule has 10 heterocycles. The van der Waals surface area contributed by atoms with Crippen LogP contribution in [-0.4, -0.2) is 194 Å². The lowest BCUT2D eigenvalue weighted by molar-refractivity contribution is -0.192. The summed E-state index contributed by atoms with van der Waals surface area (Å²) in [6.07, 6.45) is 2.76. The summed E-state index contributed by atoms with van der Waals surface area (Å²) >= 11 is 0. The molecule has 5 aliphatic rings. The number of aromatic nitrogens is 10. The van der Waals surface area contributed by atoms with Crippen molar-refractivity contribution in [2.45, 2.75) is 217 Å². The first-order valence-corrected chi connectivity index (χ1v) is 43.6. The van der Waals surface area contributed by atoms with E-state index in [-0.39, 0.29) is 130 Å². The van der Waals surface area contributed by atoms with Gasteiger partial charge in [-0.25, -0.2) is 104 Å². The molecule has 15 rings (SSSR count). The maximum atomic E-state index is 13.4. The number of fused-ring (bicyclic) bond motifs is 5. The van der Waals surface area contributed by atoms with Gasteiger partial charge in [0.1, 0.15) is 16.7 Å². The van der Waals surface area contributed by atoms with Gasteiger partial charge in [-0.05, 0) is 66.2 Å². The number of anilines is 5. The van der Waals surface area contributed by atoms with Crippen LogP contribution in [0.2, 0.25) is 0 Å². The minimum Gasteiger partial charge on any atom is -0.478 e. The summed E-state index contributed by atoms with van der Waals surface area (Å²) in [7, 11) is 2.62. The van der Waals surface area contributed by atoms with Crippen LogP contribution in [0.4, 0.5) is 127 Å². The van der Waals surface area contributed by atoms with Crippen molar-refractivity contribution in [3.63, 3.8) is 0 Å². The standard InChI is InChI=1S/2C20H23F3N4O2.C16H15F3N4O3.C15H13F3N4O3.C9H13N3O2.C6H4F3N.C4H11N.C2HF3O2/c2*1-11-9-27-16(13(8-24-27)17(28)7-20(2,3)4)10-26(11)19(29)25-12-5-14(21)18(23)15(22)6-12;1-8-6-23-13(10(5-20-23)15(24)26-2)7-22(8)16(25)21-9-3-11(17)14(19)12(18)4-9;1-7-5-22-12(9(4-19-22)14(23)24)6-21(7)15(25)20-8-2-10(16)13(18)11(17)3-8;1-6-5-12-8(4-10-6)7(3-11-12)9(13)14-2;7-4-1-3(10)2-5(8)6(4)9;1-4(2,3)5;3-2(4,5)1(6)7/h2*5-6,8,11H,7,9-10H2,1-4H3,(H,25,29);3-5,8H,6-7H2,1-2H3,(H,21,25);2-4,7H,5-6H2,1H3,(H,20,25)(H,23,24);3,6,10H,4-5H2,1-2H3;1-2H,10H2;5H2,1-3H3;(H,6,7)/t2*11-;8-;7-;6-;;;/m00000.../s1. The van der Waals surface area contributed by atoms with Crippen molar-refractivity contribution in [1.82, 2.24) is 73.8 Å².